The molecule has 146 valence electrons. The topological polar surface area (TPSA) is 73.3 Å². The highest BCUT2D eigenvalue weighted by Gasteiger charge is 2.17. The molecule has 2 aromatic carbocycles. The fraction of sp³-hybridized carbons (Fsp3) is 0.136. The Hall–Kier alpha value is -3.45. The molecule has 6 nitrogen and oxygen atoms in total. The molecule has 2 aromatic heterocycles. The van der Waals surface area contributed by atoms with Crippen LogP contribution in [0.4, 0.5) is 5.69 Å². The second kappa shape index (κ2) is 7.89. The lowest BCUT2D eigenvalue weighted by atomic mass is 10.1. The van der Waals surface area contributed by atoms with Crippen molar-refractivity contribution in [3.63, 3.8) is 0 Å². The number of rotatable bonds is 5. The lowest BCUT2D eigenvalue weighted by Gasteiger charge is -2.14. The van der Waals surface area contributed by atoms with Gasteiger partial charge < -0.3 is 14.8 Å². The van der Waals surface area contributed by atoms with Crippen molar-refractivity contribution in [2.45, 2.75) is 6.92 Å². The first kappa shape index (κ1) is 18.9. The van der Waals surface area contributed by atoms with Gasteiger partial charge in [-0.05, 0) is 55.0 Å². The fourth-order valence-electron chi connectivity index (χ4n) is 3.09. The Morgan fingerprint density at radius 1 is 1.07 bits per heavy atom. The number of benzene rings is 2. The molecule has 0 bridgehead atoms. The van der Waals surface area contributed by atoms with Crippen LogP contribution in [0.25, 0.3) is 20.9 Å². The van der Waals surface area contributed by atoms with E-state index < -0.39 is 0 Å². The summed E-state index contributed by atoms with van der Waals surface area (Å²) in [5.41, 5.74) is 3.94. The Labute approximate surface area is 172 Å². The normalized spacial score (nSPS) is 10.7. The number of aromatic nitrogens is 2. The highest BCUT2D eigenvalue weighted by molar-refractivity contribution is 7.21. The molecule has 0 saturated heterocycles. The van der Waals surface area contributed by atoms with Crippen LogP contribution in [0.3, 0.4) is 0 Å². The summed E-state index contributed by atoms with van der Waals surface area (Å²) in [6.45, 7) is 1.95. The molecule has 2 heterocycles. The number of pyridine rings is 1. The van der Waals surface area contributed by atoms with Crippen molar-refractivity contribution >= 4 is 33.3 Å². The number of ether oxygens (including phenoxy) is 2. The number of hydrogen-bond donors (Lipinski definition) is 1. The molecule has 4 rings (SSSR count). The van der Waals surface area contributed by atoms with Crippen LogP contribution in [0, 0.1) is 6.92 Å². The van der Waals surface area contributed by atoms with Crippen molar-refractivity contribution in [3.8, 4) is 22.1 Å². The minimum absolute atomic E-state index is 0.263. The van der Waals surface area contributed by atoms with E-state index in [2.05, 4.69) is 15.3 Å². The minimum Gasteiger partial charge on any atom is -0.493 e. The summed E-state index contributed by atoms with van der Waals surface area (Å²) in [4.78, 5) is 22.7. The Bertz CT molecular complexity index is 1170. The molecule has 4 aromatic rings. The summed E-state index contributed by atoms with van der Waals surface area (Å²) in [6, 6.07) is 14.9. The Balaban J connectivity index is 1.61. The van der Waals surface area contributed by atoms with E-state index in [0.29, 0.717) is 17.1 Å². The maximum absolute atomic E-state index is 12.8. The summed E-state index contributed by atoms with van der Waals surface area (Å²) < 4.78 is 10.6. The van der Waals surface area contributed by atoms with Gasteiger partial charge in [0.05, 0.1) is 19.8 Å². The van der Waals surface area contributed by atoms with Crippen molar-refractivity contribution in [3.05, 3.63) is 65.9 Å². The SMILES string of the molecule is COc1cccc(C(=O)Nc2ccc(-c3nc4cccnc4s3)cc2C)c1OC. The number of amides is 1. The third kappa shape index (κ3) is 3.64. The molecule has 0 aliphatic carbocycles. The smallest absolute Gasteiger partial charge is 0.259 e. The molecule has 0 radical (unpaired) electrons. The minimum atomic E-state index is -0.263. The van der Waals surface area contributed by atoms with Gasteiger partial charge in [-0.2, -0.15) is 0 Å². The average Bonchev–Trinajstić information content (AvgIpc) is 3.18. The van der Waals surface area contributed by atoms with Crippen LogP contribution in [0.2, 0.25) is 0 Å². The number of thiazole rings is 1. The van der Waals surface area contributed by atoms with Gasteiger partial charge in [0.1, 0.15) is 15.4 Å². The monoisotopic (exact) mass is 405 g/mol. The van der Waals surface area contributed by atoms with E-state index in [1.54, 1.807) is 42.8 Å². The van der Waals surface area contributed by atoms with E-state index in [4.69, 9.17) is 9.47 Å². The second-order valence-electron chi connectivity index (χ2n) is 6.37. The van der Waals surface area contributed by atoms with Crippen molar-refractivity contribution in [1.82, 2.24) is 9.97 Å². The highest BCUT2D eigenvalue weighted by Crippen LogP contribution is 2.33. The Morgan fingerprint density at radius 2 is 1.93 bits per heavy atom. The van der Waals surface area contributed by atoms with Crippen molar-refractivity contribution < 1.29 is 14.3 Å². The van der Waals surface area contributed by atoms with Gasteiger partial charge in [0.15, 0.2) is 11.5 Å². The van der Waals surface area contributed by atoms with Crippen LogP contribution in [0.1, 0.15) is 15.9 Å². The molecule has 0 aliphatic rings. The number of carbonyl (C=O) groups excluding carboxylic acids is 1. The van der Waals surface area contributed by atoms with Crippen LogP contribution >= 0.6 is 11.3 Å². The van der Waals surface area contributed by atoms with Gasteiger partial charge in [0, 0.05) is 17.4 Å². The number of aryl methyl sites for hydroxylation is 1. The first-order chi connectivity index (χ1) is 14.1. The number of carbonyl (C=O) groups is 1. The summed E-state index contributed by atoms with van der Waals surface area (Å²) in [5.74, 6) is 0.654. The van der Waals surface area contributed by atoms with Crippen molar-refractivity contribution in [2.75, 3.05) is 19.5 Å². The average molecular weight is 405 g/mol. The summed E-state index contributed by atoms with van der Waals surface area (Å²) in [6.07, 6.45) is 1.76. The lowest BCUT2D eigenvalue weighted by molar-refractivity contribution is 0.102. The van der Waals surface area contributed by atoms with Gasteiger partial charge in [-0.15, -0.1) is 0 Å². The van der Waals surface area contributed by atoms with E-state index in [0.717, 1.165) is 32.2 Å². The zero-order valence-corrected chi connectivity index (χ0v) is 17.0. The van der Waals surface area contributed by atoms with E-state index in [1.165, 1.54) is 7.11 Å². The molecular weight excluding hydrogens is 386 g/mol. The molecule has 0 atom stereocenters. The van der Waals surface area contributed by atoms with E-state index in [1.807, 2.05) is 37.3 Å². The molecule has 0 spiro atoms. The van der Waals surface area contributed by atoms with Crippen LogP contribution in [-0.4, -0.2) is 30.1 Å². The fourth-order valence-corrected chi connectivity index (χ4v) is 3.99. The van der Waals surface area contributed by atoms with Gasteiger partial charge in [0.25, 0.3) is 5.91 Å². The molecular formula is C22H19N3O3S. The third-order valence-electron chi connectivity index (χ3n) is 4.54. The standard InChI is InChI=1S/C22H19N3O3S/c1-13-12-14(21-25-17-7-5-11-23-22(17)29-21)9-10-16(13)24-20(26)15-6-4-8-18(27-2)19(15)28-3/h4-12H,1-3H3,(H,24,26). The number of methoxy groups -OCH3 is 2. The number of nitrogens with one attached hydrogen (secondary N) is 1. The molecule has 0 unspecified atom stereocenters. The number of nitrogens with zero attached hydrogens (tertiary/aromatic N) is 2. The van der Waals surface area contributed by atoms with Crippen molar-refractivity contribution in [2.24, 2.45) is 0 Å². The molecule has 1 amide bonds. The highest BCUT2D eigenvalue weighted by atomic mass is 32.1. The predicted molar refractivity (Wildman–Crippen MR) is 115 cm³/mol. The van der Waals surface area contributed by atoms with Crippen LogP contribution in [0.15, 0.2) is 54.7 Å². The van der Waals surface area contributed by atoms with E-state index in [9.17, 15) is 4.79 Å². The van der Waals surface area contributed by atoms with E-state index >= 15 is 0 Å². The van der Waals surface area contributed by atoms with Crippen LogP contribution in [0.5, 0.6) is 11.5 Å². The zero-order chi connectivity index (χ0) is 20.4. The molecule has 7 heteroatoms. The molecule has 0 fully saturated rings. The quantitative estimate of drug-likeness (QED) is 0.509. The largest absolute Gasteiger partial charge is 0.493 e. The van der Waals surface area contributed by atoms with Gasteiger partial charge >= 0.3 is 0 Å². The number of para-hydroxylation sites is 1. The summed E-state index contributed by atoms with van der Waals surface area (Å²) in [7, 11) is 3.06. The molecule has 0 aliphatic heterocycles. The first-order valence-corrected chi connectivity index (χ1v) is 9.77. The summed E-state index contributed by atoms with van der Waals surface area (Å²) in [5, 5.41) is 3.85. The van der Waals surface area contributed by atoms with Crippen molar-refractivity contribution in [1.29, 1.82) is 0 Å². The zero-order valence-electron chi connectivity index (χ0n) is 16.2. The summed E-state index contributed by atoms with van der Waals surface area (Å²) >= 11 is 1.54. The van der Waals surface area contributed by atoms with Crippen LogP contribution in [-0.2, 0) is 0 Å². The number of hydrogen-bond acceptors (Lipinski definition) is 6. The maximum atomic E-state index is 12.8. The third-order valence-corrected chi connectivity index (χ3v) is 5.56. The Kier molecular flexibility index (Phi) is 5.14. The van der Waals surface area contributed by atoms with E-state index in [-0.39, 0.29) is 5.91 Å². The molecule has 0 saturated carbocycles. The Morgan fingerprint density at radius 3 is 2.66 bits per heavy atom. The van der Waals surface area contributed by atoms with Crippen LogP contribution < -0.4 is 14.8 Å². The molecule has 1 N–H and O–H groups in total. The first-order valence-electron chi connectivity index (χ1n) is 8.95. The molecule has 29 heavy (non-hydrogen) atoms. The maximum Gasteiger partial charge on any atom is 0.259 e. The predicted octanol–water partition coefficient (Wildman–Crippen LogP) is 4.94. The van der Waals surface area contributed by atoms with Gasteiger partial charge in [-0.25, -0.2) is 9.97 Å². The lowest BCUT2D eigenvalue weighted by Crippen LogP contribution is -2.14. The number of anilines is 1. The second-order valence-corrected chi connectivity index (χ2v) is 7.35. The van der Waals surface area contributed by atoms with Gasteiger partial charge in [-0.3, -0.25) is 4.79 Å². The van der Waals surface area contributed by atoms with Gasteiger partial charge in [0.2, 0.25) is 0 Å². The van der Waals surface area contributed by atoms with Gasteiger partial charge in [-0.1, -0.05) is 17.4 Å². The number of fused-ring (bicyclic) bond motifs is 1.